The number of benzene rings is 1. The van der Waals surface area contributed by atoms with Gasteiger partial charge in [0.2, 0.25) is 15.8 Å². The molecule has 1 aromatic heterocycles. The van der Waals surface area contributed by atoms with Gasteiger partial charge < -0.3 is 5.73 Å². The molecule has 3 N–H and O–H groups in total. The molecule has 0 atom stereocenters. The number of ketones is 1. The van der Waals surface area contributed by atoms with E-state index in [1.807, 2.05) is 0 Å². The highest BCUT2D eigenvalue weighted by molar-refractivity contribution is 7.89. The summed E-state index contributed by atoms with van der Waals surface area (Å²) in [4.78, 5) is 39.1. The summed E-state index contributed by atoms with van der Waals surface area (Å²) in [5.41, 5.74) is 3.91. The van der Waals surface area contributed by atoms with Gasteiger partial charge in [-0.3, -0.25) is 19.1 Å². The lowest BCUT2D eigenvalue weighted by molar-refractivity contribution is 0.103. The third-order valence-electron chi connectivity index (χ3n) is 5.65. The van der Waals surface area contributed by atoms with Crippen molar-refractivity contribution in [3.8, 4) is 0 Å². The zero-order chi connectivity index (χ0) is 22.1. The van der Waals surface area contributed by atoms with Crippen LogP contribution in [0.3, 0.4) is 0 Å². The Morgan fingerprint density at radius 1 is 1.23 bits per heavy atom. The molecule has 1 saturated carbocycles. The summed E-state index contributed by atoms with van der Waals surface area (Å²) in [7, 11) is -2.25. The molecule has 10 heteroatoms. The van der Waals surface area contributed by atoms with E-state index in [-0.39, 0.29) is 34.4 Å². The molecule has 0 aliphatic heterocycles. The SMILES string of the molecule is CCn1c(N)c(C(=O)c2cccc(S(=O)(=O)N(C)C3CCCCC3)c2)c(=O)[nH]c1=O. The van der Waals surface area contributed by atoms with Crippen molar-refractivity contribution in [2.45, 2.75) is 56.5 Å². The smallest absolute Gasteiger partial charge is 0.329 e. The first kappa shape index (κ1) is 22.0. The Labute approximate surface area is 174 Å². The minimum atomic E-state index is -3.81. The van der Waals surface area contributed by atoms with Crippen molar-refractivity contribution >= 4 is 21.6 Å². The van der Waals surface area contributed by atoms with Crippen molar-refractivity contribution in [3.05, 3.63) is 56.2 Å². The Bertz CT molecular complexity index is 1180. The lowest BCUT2D eigenvalue weighted by Crippen LogP contribution is -2.38. The second-order valence-electron chi connectivity index (χ2n) is 7.43. The molecule has 9 nitrogen and oxygen atoms in total. The molecule has 0 bridgehead atoms. The Hall–Kier alpha value is -2.72. The number of aromatic nitrogens is 2. The Balaban J connectivity index is 2.01. The van der Waals surface area contributed by atoms with Crippen LogP contribution in [0.15, 0.2) is 38.8 Å². The number of nitrogen functional groups attached to an aromatic ring is 1. The van der Waals surface area contributed by atoms with Crippen LogP contribution in [0.5, 0.6) is 0 Å². The van der Waals surface area contributed by atoms with Crippen LogP contribution < -0.4 is 17.0 Å². The summed E-state index contributed by atoms with van der Waals surface area (Å²) in [5.74, 6) is -0.989. The fourth-order valence-corrected chi connectivity index (χ4v) is 5.33. The second kappa shape index (κ2) is 8.57. The van der Waals surface area contributed by atoms with Crippen molar-refractivity contribution in [2.24, 2.45) is 0 Å². The van der Waals surface area contributed by atoms with Crippen LogP contribution in [0.25, 0.3) is 0 Å². The zero-order valence-corrected chi connectivity index (χ0v) is 17.9. The van der Waals surface area contributed by atoms with Crippen molar-refractivity contribution in [3.63, 3.8) is 0 Å². The summed E-state index contributed by atoms with van der Waals surface area (Å²) >= 11 is 0. The highest BCUT2D eigenvalue weighted by atomic mass is 32.2. The lowest BCUT2D eigenvalue weighted by Gasteiger charge is -2.30. The molecular weight excluding hydrogens is 408 g/mol. The number of carbonyl (C=O) groups is 1. The van der Waals surface area contributed by atoms with Gasteiger partial charge >= 0.3 is 5.69 Å². The Morgan fingerprint density at radius 3 is 2.53 bits per heavy atom. The van der Waals surface area contributed by atoms with E-state index in [0.717, 1.165) is 36.7 Å². The van der Waals surface area contributed by atoms with E-state index in [1.54, 1.807) is 14.0 Å². The topological polar surface area (TPSA) is 135 Å². The number of nitrogens with one attached hydrogen (secondary N) is 1. The zero-order valence-electron chi connectivity index (χ0n) is 17.1. The molecule has 1 heterocycles. The first-order valence-corrected chi connectivity index (χ1v) is 11.4. The largest absolute Gasteiger partial charge is 0.384 e. The van der Waals surface area contributed by atoms with Crippen molar-refractivity contribution in [2.75, 3.05) is 12.8 Å². The molecule has 1 fully saturated rings. The molecule has 30 heavy (non-hydrogen) atoms. The lowest BCUT2D eigenvalue weighted by atomic mass is 9.96. The molecule has 3 rings (SSSR count). The second-order valence-corrected chi connectivity index (χ2v) is 9.43. The Kier molecular flexibility index (Phi) is 6.27. The van der Waals surface area contributed by atoms with Gasteiger partial charge in [0.05, 0.1) is 4.90 Å². The number of rotatable bonds is 6. The summed E-state index contributed by atoms with van der Waals surface area (Å²) in [6.45, 7) is 1.82. The Morgan fingerprint density at radius 2 is 1.90 bits per heavy atom. The van der Waals surface area contributed by atoms with Gasteiger partial charge in [0, 0.05) is 25.2 Å². The molecule has 0 saturated heterocycles. The van der Waals surface area contributed by atoms with Crippen molar-refractivity contribution in [1.29, 1.82) is 0 Å². The van der Waals surface area contributed by atoms with E-state index in [4.69, 9.17) is 5.73 Å². The van der Waals surface area contributed by atoms with E-state index in [2.05, 4.69) is 4.98 Å². The molecule has 0 unspecified atom stereocenters. The highest BCUT2D eigenvalue weighted by Gasteiger charge is 2.30. The third kappa shape index (κ3) is 3.97. The van der Waals surface area contributed by atoms with E-state index < -0.39 is 27.1 Å². The number of hydrogen-bond acceptors (Lipinski definition) is 6. The minimum Gasteiger partial charge on any atom is -0.384 e. The average Bonchev–Trinajstić information content (AvgIpc) is 2.73. The van der Waals surface area contributed by atoms with E-state index in [1.165, 1.54) is 28.6 Å². The van der Waals surface area contributed by atoms with Crippen LogP contribution >= 0.6 is 0 Å². The number of H-pyrrole nitrogens is 1. The molecule has 1 aromatic carbocycles. The van der Waals surface area contributed by atoms with E-state index in [0.29, 0.717) is 0 Å². The molecular formula is C20H26N4O5S. The van der Waals surface area contributed by atoms with Crippen LogP contribution in [0.4, 0.5) is 5.82 Å². The van der Waals surface area contributed by atoms with Gasteiger partial charge in [-0.05, 0) is 31.9 Å². The first-order valence-electron chi connectivity index (χ1n) is 9.93. The summed E-state index contributed by atoms with van der Waals surface area (Å²) in [6.07, 6.45) is 4.68. The fourth-order valence-electron chi connectivity index (χ4n) is 3.87. The number of aromatic amines is 1. The van der Waals surface area contributed by atoms with Crippen LogP contribution in [-0.2, 0) is 16.6 Å². The maximum absolute atomic E-state index is 13.1. The molecule has 0 radical (unpaired) electrons. The van der Waals surface area contributed by atoms with Gasteiger partial charge in [-0.1, -0.05) is 31.4 Å². The number of anilines is 1. The van der Waals surface area contributed by atoms with Crippen LogP contribution in [0.1, 0.15) is 54.9 Å². The van der Waals surface area contributed by atoms with E-state index in [9.17, 15) is 22.8 Å². The maximum atomic E-state index is 13.1. The highest BCUT2D eigenvalue weighted by Crippen LogP contribution is 2.27. The fraction of sp³-hybridized carbons (Fsp3) is 0.450. The minimum absolute atomic E-state index is 0.00613. The van der Waals surface area contributed by atoms with Gasteiger partial charge in [-0.2, -0.15) is 4.31 Å². The molecule has 162 valence electrons. The molecule has 1 aliphatic carbocycles. The number of carbonyl (C=O) groups excluding carboxylic acids is 1. The van der Waals surface area contributed by atoms with Gasteiger partial charge in [-0.15, -0.1) is 0 Å². The summed E-state index contributed by atoms with van der Waals surface area (Å²) in [5, 5.41) is 0. The molecule has 2 aromatic rings. The summed E-state index contributed by atoms with van der Waals surface area (Å²) < 4.78 is 28.6. The number of nitrogens with zero attached hydrogens (tertiary/aromatic N) is 2. The average molecular weight is 435 g/mol. The van der Waals surface area contributed by atoms with Crippen LogP contribution in [0.2, 0.25) is 0 Å². The standard InChI is InChI=1S/C20H26N4O5S/c1-3-24-18(21)16(19(26)22-20(24)27)17(25)13-8-7-11-15(12-13)30(28,29)23(2)14-9-5-4-6-10-14/h7-8,11-12,14H,3-6,9-10,21H2,1-2H3,(H,22,26,27). The normalized spacial score (nSPS) is 15.4. The molecule has 0 spiro atoms. The maximum Gasteiger partial charge on any atom is 0.329 e. The monoisotopic (exact) mass is 434 g/mol. The van der Waals surface area contributed by atoms with Crippen LogP contribution in [0, 0.1) is 0 Å². The third-order valence-corrected chi connectivity index (χ3v) is 7.55. The van der Waals surface area contributed by atoms with Crippen LogP contribution in [-0.4, -0.2) is 41.1 Å². The van der Waals surface area contributed by atoms with Gasteiger partial charge in [0.1, 0.15) is 11.4 Å². The van der Waals surface area contributed by atoms with Gasteiger partial charge in [-0.25, -0.2) is 13.2 Å². The molecule has 1 aliphatic rings. The van der Waals surface area contributed by atoms with E-state index >= 15 is 0 Å². The predicted octanol–water partition coefficient (Wildman–Crippen LogP) is 1.32. The number of nitrogens with two attached hydrogens (primary N) is 1. The number of sulfonamides is 1. The molecule has 0 amide bonds. The van der Waals surface area contributed by atoms with Gasteiger partial charge in [0.25, 0.3) is 5.56 Å². The number of hydrogen-bond donors (Lipinski definition) is 2. The quantitative estimate of drug-likeness (QED) is 0.658. The van der Waals surface area contributed by atoms with Crippen molar-refractivity contribution in [1.82, 2.24) is 13.9 Å². The first-order chi connectivity index (χ1) is 14.2. The predicted molar refractivity (Wildman–Crippen MR) is 113 cm³/mol. The summed E-state index contributed by atoms with van der Waals surface area (Å²) in [6, 6.07) is 5.47. The van der Waals surface area contributed by atoms with Gasteiger partial charge in [0.15, 0.2) is 0 Å². The van der Waals surface area contributed by atoms with Crippen molar-refractivity contribution < 1.29 is 13.2 Å².